The summed E-state index contributed by atoms with van der Waals surface area (Å²) in [6.45, 7) is 6.06. The second kappa shape index (κ2) is 10.5. The monoisotopic (exact) mass is 513 g/mol. The number of hydrogen-bond acceptors (Lipinski definition) is 7. The zero-order valence-electron chi connectivity index (χ0n) is 21.4. The normalized spacial score (nSPS) is 20.8. The lowest BCUT2D eigenvalue weighted by atomic mass is 10.00. The molecule has 194 valence electrons. The van der Waals surface area contributed by atoms with Crippen LogP contribution in [-0.2, 0) is 21.3 Å². The van der Waals surface area contributed by atoms with Gasteiger partial charge in [0.15, 0.2) is 11.6 Å². The van der Waals surface area contributed by atoms with Crippen molar-refractivity contribution in [3.63, 3.8) is 0 Å². The fraction of sp³-hybridized carbons (Fsp3) is 0.481. The smallest absolute Gasteiger partial charge is 0.245 e. The zero-order chi connectivity index (χ0) is 26.1. The molecule has 36 heavy (non-hydrogen) atoms. The summed E-state index contributed by atoms with van der Waals surface area (Å²) in [5.74, 6) is -0.0568. The summed E-state index contributed by atoms with van der Waals surface area (Å²) in [4.78, 5) is 27.7. The van der Waals surface area contributed by atoms with Crippen LogP contribution in [0, 0.1) is 0 Å². The van der Waals surface area contributed by atoms with Crippen LogP contribution in [0.3, 0.4) is 0 Å². The number of likely N-dealkylation sites (tertiary alicyclic amines) is 1. The molecule has 0 N–H and O–H groups in total. The van der Waals surface area contributed by atoms with E-state index in [4.69, 9.17) is 4.74 Å². The minimum absolute atomic E-state index is 0.0457. The first kappa shape index (κ1) is 26.6. The molecule has 1 spiro atoms. The predicted octanol–water partition coefficient (Wildman–Crippen LogP) is 3.04. The highest BCUT2D eigenvalue weighted by Gasteiger charge is 2.53. The number of hydrogen-bond donors (Lipinski definition) is 0. The first-order valence-corrected chi connectivity index (χ1v) is 13.7. The number of carbonyl (C=O) groups is 2. The predicted molar refractivity (Wildman–Crippen MR) is 137 cm³/mol. The van der Waals surface area contributed by atoms with E-state index in [0.717, 1.165) is 12.1 Å². The van der Waals surface area contributed by atoms with Crippen LogP contribution in [0.25, 0.3) is 0 Å². The summed E-state index contributed by atoms with van der Waals surface area (Å²) in [5.41, 5.74) is 1.40. The van der Waals surface area contributed by atoms with E-state index in [2.05, 4.69) is 4.90 Å². The van der Waals surface area contributed by atoms with Crippen molar-refractivity contribution in [2.75, 3.05) is 40.3 Å². The van der Waals surface area contributed by atoms with E-state index in [-0.39, 0.29) is 22.6 Å². The topological polar surface area (TPSA) is 87.2 Å². The van der Waals surface area contributed by atoms with Crippen molar-refractivity contribution in [3.05, 3.63) is 65.2 Å². The van der Waals surface area contributed by atoms with E-state index in [1.165, 1.54) is 19.1 Å². The number of carbonyl (C=O) groups excluding carboxylic acids is 2. The summed E-state index contributed by atoms with van der Waals surface area (Å²) >= 11 is 0. The van der Waals surface area contributed by atoms with Gasteiger partial charge >= 0.3 is 0 Å². The largest absolute Gasteiger partial charge is 0.353 e. The van der Waals surface area contributed by atoms with Crippen molar-refractivity contribution >= 4 is 21.6 Å². The lowest BCUT2D eigenvalue weighted by molar-refractivity contribution is -0.117. The van der Waals surface area contributed by atoms with Crippen LogP contribution in [0.1, 0.15) is 53.0 Å². The molecule has 9 heteroatoms. The Labute approximate surface area is 213 Å². The fourth-order valence-corrected chi connectivity index (χ4v) is 6.86. The van der Waals surface area contributed by atoms with Gasteiger partial charge < -0.3 is 9.64 Å². The maximum atomic E-state index is 13.8. The Morgan fingerprint density at radius 2 is 1.47 bits per heavy atom. The average molecular weight is 514 g/mol. The first-order valence-electron chi connectivity index (χ1n) is 12.3. The van der Waals surface area contributed by atoms with Crippen molar-refractivity contribution in [1.82, 2.24) is 14.1 Å². The van der Waals surface area contributed by atoms with Crippen molar-refractivity contribution in [1.29, 1.82) is 0 Å². The Morgan fingerprint density at radius 1 is 0.944 bits per heavy atom. The van der Waals surface area contributed by atoms with E-state index in [9.17, 15) is 18.0 Å². The molecular weight excluding hydrogens is 478 g/mol. The second-order valence-electron chi connectivity index (χ2n) is 10.1. The summed E-state index contributed by atoms with van der Waals surface area (Å²) in [7, 11) is 0.0850. The number of likely N-dealkylation sites (N-methyl/N-ethyl adjacent to an activating group) is 1. The highest BCUT2D eigenvalue weighted by atomic mass is 32.2. The number of sulfonamides is 1. The third-order valence-corrected chi connectivity index (χ3v) is 8.96. The third-order valence-electron chi connectivity index (χ3n) is 7.03. The highest BCUT2D eigenvalue weighted by molar-refractivity contribution is 7.89. The molecule has 2 aliphatic heterocycles. The molecule has 0 saturated carbocycles. The molecule has 1 atom stereocenters. The number of piperidine rings is 1. The average Bonchev–Trinajstić information content (AvgIpc) is 3.18. The van der Waals surface area contributed by atoms with Crippen LogP contribution < -0.4 is 0 Å². The number of Topliss-reactive ketones (excluding diaryl/α,β-unsaturated/α-hetero) is 2. The lowest BCUT2D eigenvalue weighted by Crippen LogP contribution is -2.54. The molecule has 2 heterocycles. The lowest BCUT2D eigenvalue weighted by Gasteiger charge is -2.43. The first-order chi connectivity index (χ1) is 17.0. The molecule has 1 unspecified atom stereocenters. The summed E-state index contributed by atoms with van der Waals surface area (Å²) in [6.07, 6.45) is 0.900. The molecule has 2 saturated heterocycles. The molecule has 0 aliphatic carbocycles. The molecule has 2 aromatic rings. The van der Waals surface area contributed by atoms with E-state index in [1.54, 1.807) is 23.4 Å². The van der Waals surface area contributed by atoms with Gasteiger partial charge in [0.25, 0.3) is 0 Å². The van der Waals surface area contributed by atoms with Gasteiger partial charge in [0, 0.05) is 56.7 Å². The van der Waals surface area contributed by atoms with Gasteiger partial charge in [-0.1, -0.05) is 36.4 Å². The van der Waals surface area contributed by atoms with Crippen LogP contribution in [0.2, 0.25) is 0 Å². The molecule has 0 radical (unpaired) electrons. The van der Waals surface area contributed by atoms with Gasteiger partial charge in [-0.15, -0.1) is 0 Å². The van der Waals surface area contributed by atoms with Crippen molar-refractivity contribution in [3.8, 4) is 0 Å². The zero-order valence-corrected chi connectivity index (χ0v) is 22.3. The number of benzene rings is 2. The van der Waals surface area contributed by atoms with Gasteiger partial charge in [0.2, 0.25) is 10.0 Å². The van der Waals surface area contributed by atoms with Gasteiger partial charge in [0.05, 0.1) is 11.0 Å². The van der Waals surface area contributed by atoms with E-state index >= 15 is 0 Å². The quantitative estimate of drug-likeness (QED) is 0.502. The highest BCUT2D eigenvalue weighted by Crippen LogP contribution is 2.41. The molecule has 0 amide bonds. The minimum Gasteiger partial charge on any atom is -0.353 e. The maximum absolute atomic E-state index is 13.8. The van der Waals surface area contributed by atoms with Crippen LogP contribution in [0.4, 0.5) is 0 Å². The Hall–Kier alpha value is -2.43. The van der Waals surface area contributed by atoms with Crippen LogP contribution in [-0.4, -0.2) is 86.2 Å². The van der Waals surface area contributed by atoms with E-state index < -0.39 is 15.7 Å². The molecule has 2 fully saturated rings. The van der Waals surface area contributed by atoms with E-state index in [0.29, 0.717) is 50.1 Å². The number of rotatable bonds is 8. The minimum atomic E-state index is -3.82. The Morgan fingerprint density at radius 3 is 1.97 bits per heavy atom. The summed E-state index contributed by atoms with van der Waals surface area (Å²) < 4.78 is 35.6. The van der Waals surface area contributed by atoms with Crippen molar-refractivity contribution in [2.45, 2.75) is 50.0 Å². The van der Waals surface area contributed by atoms with Crippen LogP contribution >= 0.6 is 0 Å². The molecule has 8 nitrogen and oxygen atoms in total. The van der Waals surface area contributed by atoms with Gasteiger partial charge in [0.1, 0.15) is 5.72 Å². The van der Waals surface area contributed by atoms with Gasteiger partial charge in [-0.3, -0.25) is 14.5 Å². The van der Waals surface area contributed by atoms with Crippen LogP contribution in [0.15, 0.2) is 53.4 Å². The number of ether oxygens (including phenoxy) is 1. The standard InChI is InChI=1S/C27H35N3O5S/c1-20(31)23-7-5-22(6-8-23)17-29-15-13-27(14-16-29)30(19-25(35-27)18-28(3)4)36(33,34)26-11-9-24(10-12-26)21(2)32/h5-12,25H,13-19H2,1-4H3. The van der Waals surface area contributed by atoms with Crippen molar-refractivity contribution in [2.24, 2.45) is 0 Å². The third kappa shape index (κ3) is 5.60. The molecule has 0 bridgehead atoms. The second-order valence-corrected chi connectivity index (χ2v) is 12.0. The molecule has 4 rings (SSSR count). The maximum Gasteiger partial charge on any atom is 0.245 e. The molecular formula is C27H35N3O5S. The van der Waals surface area contributed by atoms with Gasteiger partial charge in [-0.25, -0.2) is 8.42 Å². The van der Waals surface area contributed by atoms with E-state index in [1.807, 2.05) is 43.3 Å². The Balaban J connectivity index is 1.53. The Bertz CT molecular complexity index is 1200. The van der Waals surface area contributed by atoms with Crippen molar-refractivity contribution < 1.29 is 22.7 Å². The SMILES string of the molecule is CC(=O)c1ccc(CN2CCC3(CC2)OC(CN(C)C)CN3S(=O)(=O)c2ccc(C(C)=O)cc2)cc1. The number of nitrogens with zero attached hydrogens (tertiary/aromatic N) is 3. The fourth-order valence-electron chi connectivity index (χ4n) is 5.10. The van der Waals surface area contributed by atoms with Gasteiger partial charge in [-0.2, -0.15) is 4.31 Å². The van der Waals surface area contributed by atoms with Gasteiger partial charge in [-0.05, 0) is 45.6 Å². The molecule has 2 aliphatic rings. The molecule has 2 aromatic carbocycles. The molecule has 0 aromatic heterocycles. The number of ketones is 2. The Kier molecular flexibility index (Phi) is 7.78. The summed E-state index contributed by atoms with van der Waals surface area (Å²) in [6, 6.07) is 13.8. The summed E-state index contributed by atoms with van der Waals surface area (Å²) in [5, 5.41) is 0. The van der Waals surface area contributed by atoms with Crippen LogP contribution in [0.5, 0.6) is 0 Å².